The topological polar surface area (TPSA) is 486 Å². The Balaban J connectivity index is 1.69. The van der Waals surface area contributed by atoms with Crippen molar-refractivity contribution in [2.24, 2.45) is 60.8 Å². The van der Waals surface area contributed by atoms with Gasteiger partial charge < -0.3 is 87.7 Å². The number of fused-ring (bicyclic) bond motifs is 2. The lowest BCUT2D eigenvalue weighted by Crippen LogP contribution is -2.60. The number of carbonyl (C=O) groups is 8. The number of primary amides is 2. The molecule has 2 heterocycles. The van der Waals surface area contributed by atoms with Gasteiger partial charge in [-0.25, -0.2) is 0 Å². The number of H-pyrrole nitrogens is 2. The van der Waals surface area contributed by atoms with Crippen molar-refractivity contribution in [3.05, 3.63) is 72.1 Å². The van der Waals surface area contributed by atoms with Crippen LogP contribution in [0.15, 0.2) is 75.9 Å². The molecule has 0 spiro atoms. The van der Waals surface area contributed by atoms with Crippen LogP contribution in [-0.2, 0) is 51.2 Å². The maximum atomic E-state index is 14.7. The third-order valence-corrected chi connectivity index (χ3v) is 11.6. The molecule has 2 aromatic carbocycles. The van der Waals surface area contributed by atoms with Crippen LogP contribution in [0.5, 0.6) is 0 Å². The largest absolute Gasteiger partial charge is 0.370 e. The summed E-state index contributed by atoms with van der Waals surface area (Å²) in [5, 5.41) is 17.4. The summed E-state index contributed by atoms with van der Waals surface area (Å²) in [6.45, 7) is 1.57. The Labute approximate surface area is 426 Å². The summed E-state index contributed by atoms with van der Waals surface area (Å²) in [7, 11) is 0. The van der Waals surface area contributed by atoms with Gasteiger partial charge in [0.15, 0.2) is 17.9 Å². The molecule has 400 valence electrons. The van der Waals surface area contributed by atoms with Crippen molar-refractivity contribution in [3.8, 4) is 0 Å². The summed E-state index contributed by atoms with van der Waals surface area (Å²) < 4.78 is 0. The number of nitrogens with two attached hydrogens (primary N) is 8. The van der Waals surface area contributed by atoms with Crippen LogP contribution >= 0.6 is 0 Å². The lowest BCUT2D eigenvalue weighted by atomic mass is 10.0. The number of nitrogens with one attached hydrogen (secondary N) is 8. The standard InChI is InChI=1S/C47H69N19O8/c1-25(67)61-33(14-7-19-57-46(52)53)40(70)63-34(15-8-20-58-47(54)55)41(71)65-37(22-27-24-60-31-12-5-3-10-29(27)31)44(74)64-35(16-17-38(48)68)42(72)66-36(21-26-23-59-30-11-4-2-9-28(26)30)43(73)62-32(39(49)69)13-6-18-56-45(50)51/h2-5,9-12,23-24,32-37,59-60H,6-8,13-22H2,1H3,(H2,48,68)(H2,49,69)(H,61,67)(H,62,73)(H,63,70)(H,64,74)(H,65,71)(H,66,72)(H4,50,51,56)(H4,52,53,57)(H4,54,55,58)/t32-,33-,34-,35-,36-,37-/m0/s1. The minimum atomic E-state index is -1.55. The molecule has 2 aromatic heterocycles. The van der Waals surface area contributed by atoms with Crippen LogP contribution in [0.1, 0.15) is 69.4 Å². The fourth-order valence-electron chi connectivity index (χ4n) is 7.96. The van der Waals surface area contributed by atoms with Crippen LogP contribution in [0, 0.1) is 0 Å². The molecule has 8 amide bonds. The van der Waals surface area contributed by atoms with E-state index in [-0.39, 0.29) is 95.3 Å². The molecule has 4 aromatic rings. The van der Waals surface area contributed by atoms with Crippen LogP contribution in [0.2, 0.25) is 0 Å². The van der Waals surface area contributed by atoms with E-state index in [9.17, 15) is 38.4 Å². The molecule has 0 saturated heterocycles. The number of guanidine groups is 3. The first-order chi connectivity index (χ1) is 35.2. The van der Waals surface area contributed by atoms with Gasteiger partial charge >= 0.3 is 0 Å². The number of benzene rings is 2. The summed E-state index contributed by atoms with van der Waals surface area (Å²) in [6.07, 6.45) is 3.06. The maximum absolute atomic E-state index is 14.7. The van der Waals surface area contributed by atoms with Crippen LogP contribution < -0.4 is 77.8 Å². The van der Waals surface area contributed by atoms with Gasteiger partial charge in [-0.05, 0) is 68.2 Å². The Kier molecular flexibility index (Phi) is 22.5. The smallest absolute Gasteiger partial charge is 0.243 e. The van der Waals surface area contributed by atoms with Gasteiger partial charge in [0.1, 0.15) is 36.3 Å². The summed E-state index contributed by atoms with van der Waals surface area (Å²) in [5.74, 6) is -6.92. The van der Waals surface area contributed by atoms with E-state index in [1.807, 2.05) is 24.3 Å². The number of carbonyl (C=O) groups excluding carboxylic acids is 8. The third kappa shape index (κ3) is 19.0. The molecule has 4 rings (SSSR count). The molecular formula is C47H69N19O8. The Morgan fingerprint density at radius 1 is 0.459 bits per heavy atom. The number of hydrogen-bond acceptors (Lipinski definition) is 11. The average molecular weight is 1030 g/mol. The minimum Gasteiger partial charge on any atom is -0.370 e. The van der Waals surface area contributed by atoms with Crippen molar-refractivity contribution < 1.29 is 38.4 Å². The summed E-state index contributed by atoms with van der Waals surface area (Å²) in [5.41, 5.74) is 46.7. The normalized spacial score (nSPS) is 13.4. The van der Waals surface area contributed by atoms with Crippen molar-refractivity contribution in [2.45, 2.75) is 107 Å². The van der Waals surface area contributed by atoms with E-state index in [1.54, 1.807) is 36.7 Å². The first kappa shape index (κ1) is 57.7. The van der Waals surface area contributed by atoms with Gasteiger partial charge in [-0.1, -0.05) is 36.4 Å². The van der Waals surface area contributed by atoms with Gasteiger partial charge in [0.2, 0.25) is 47.3 Å². The van der Waals surface area contributed by atoms with Gasteiger partial charge in [0, 0.05) is 80.0 Å². The van der Waals surface area contributed by atoms with E-state index in [2.05, 4.69) is 56.8 Å². The first-order valence-electron chi connectivity index (χ1n) is 23.8. The molecule has 0 aliphatic heterocycles. The molecule has 27 nitrogen and oxygen atoms in total. The van der Waals surface area contributed by atoms with Crippen LogP contribution in [0.4, 0.5) is 0 Å². The zero-order valence-electron chi connectivity index (χ0n) is 41.2. The molecule has 0 aliphatic carbocycles. The monoisotopic (exact) mass is 1030 g/mol. The molecule has 0 aliphatic rings. The number of rotatable bonds is 31. The van der Waals surface area contributed by atoms with Gasteiger partial charge in [-0.2, -0.15) is 0 Å². The average Bonchev–Trinajstić information content (AvgIpc) is 3.95. The van der Waals surface area contributed by atoms with E-state index in [4.69, 9.17) is 45.9 Å². The van der Waals surface area contributed by atoms with Crippen molar-refractivity contribution >= 4 is 86.9 Å². The van der Waals surface area contributed by atoms with Crippen LogP contribution in [-0.4, -0.2) is 131 Å². The number of aromatic amines is 2. The highest BCUT2D eigenvalue weighted by Crippen LogP contribution is 2.21. The molecule has 0 radical (unpaired) electrons. The number of aromatic nitrogens is 2. The van der Waals surface area contributed by atoms with Gasteiger partial charge in [0.05, 0.1) is 0 Å². The fraction of sp³-hybridized carbons (Fsp3) is 0.426. The van der Waals surface area contributed by atoms with E-state index in [0.29, 0.717) is 22.0 Å². The maximum Gasteiger partial charge on any atom is 0.243 e. The zero-order valence-corrected chi connectivity index (χ0v) is 41.2. The second-order valence-corrected chi connectivity index (χ2v) is 17.4. The van der Waals surface area contributed by atoms with Gasteiger partial charge in [0.25, 0.3) is 0 Å². The lowest BCUT2D eigenvalue weighted by molar-refractivity contribution is -0.135. The predicted molar refractivity (Wildman–Crippen MR) is 279 cm³/mol. The fourth-order valence-corrected chi connectivity index (χ4v) is 7.96. The number of hydrogen-bond donors (Lipinski definition) is 16. The third-order valence-electron chi connectivity index (χ3n) is 11.6. The van der Waals surface area contributed by atoms with Gasteiger partial charge in [-0.15, -0.1) is 0 Å². The van der Waals surface area contributed by atoms with Crippen molar-refractivity contribution in [1.29, 1.82) is 0 Å². The van der Waals surface area contributed by atoms with Crippen molar-refractivity contribution in [3.63, 3.8) is 0 Å². The first-order valence-corrected chi connectivity index (χ1v) is 23.8. The molecule has 24 N–H and O–H groups in total. The Bertz CT molecular complexity index is 2690. The highest BCUT2D eigenvalue weighted by Gasteiger charge is 2.34. The minimum absolute atomic E-state index is 0.0455. The molecular weight excluding hydrogens is 959 g/mol. The molecule has 74 heavy (non-hydrogen) atoms. The SMILES string of the molecule is CC(=O)N[C@@H](CCCN=C(N)N)C(=O)N[C@@H](CCCN=C(N)N)C(=O)N[C@@H](Cc1c[nH]c2ccccc12)C(=O)N[C@@H](CCC(N)=O)C(=O)N[C@@H](Cc1c[nH]c2ccccc12)C(=O)N[C@@H](CCCN=C(N)N)C(N)=O. The van der Waals surface area contributed by atoms with E-state index < -0.39 is 89.9 Å². The second-order valence-electron chi connectivity index (χ2n) is 17.4. The predicted octanol–water partition coefficient (Wildman–Crippen LogP) is -3.73. The Hall–Kier alpha value is -8.91. The lowest BCUT2D eigenvalue weighted by Gasteiger charge is -2.27. The number of nitrogens with zero attached hydrogens (tertiary/aromatic N) is 3. The van der Waals surface area contributed by atoms with Crippen molar-refractivity contribution in [1.82, 2.24) is 41.9 Å². The Morgan fingerprint density at radius 2 is 0.797 bits per heavy atom. The van der Waals surface area contributed by atoms with E-state index >= 15 is 0 Å². The Morgan fingerprint density at radius 3 is 1.18 bits per heavy atom. The highest BCUT2D eigenvalue weighted by atomic mass is 16.2. The van der Waals surface area contributed by atoms with E-state index in [1.165, 1.54) is 6.92 Å². The number of para-hydroxylation sites is 2. The van der Waals surface area contributed by atoms with Crippen LogP contribution in [0.3, 0.4) is 0 Å². The molecule has 0 saturated carbocycles. The second kappa shape index (κ2) is 28.8. The van der Waals surface area contributed by atoms with E-state index in [0.717, 1.165) is 10.9 Å². The summed E-state index contributed by atoms with van der Waals surface area (Å²) >= 11 is 0. The number of amides is 8. The van der Waals surface area contributed by atoms with Crippen LogP contribution in [0.25, 0.3) is 21.8 Å². The van der Waals surface area contributed by atoms with Crippen molar-refractivity contribution in [2.75, 3.05) is 19.6 Å². The van der Waals surface area contributed by atoms with Gasteiger partial charge in [-0.3, -0.25) is 53.3 Å². The highest BCUT2D eigenvalue weighted by molar-refractivity contribution is 5.98. The molecule has 27 heteroatoms. The molecule has 6 atom stereocenters. The number of aliphatic imine (C=N–C) groups is 3. The zero-order chi connectivity index (χ0) is 54.3. The summed E-state index contributed by atoms with van der Waals surface area (Å²) in [6, 6.07) is 6.35. The quantitative estimate of drug-likeness (QED) is 0.0131. The molecule has 0 bridgehead atoms. The molecule has 0 unspecified atom stereocenters. The summed E-state index contributed by atoms with van der Waals surface area (Å²) in [4.78, 5) is 127. The molecule has 0 fully saturated rings.